The van der Waals surface area contributed by atoms with Crippen molar-refractivity contribution in [3.63, 3.8) is 0 Å². The normalized spacial score (nSPS) is 26.2. The second kappa shape index (κ2) is 3.10. The molecule has 74 valence electrons. The highest BCUT2D eigenvalue weighted by molar-refractivity contribution is 5.89. The van der Waals surface area contributed by atoms with Crippen LogP contribution in [0.4, 0.5) is 0 Å². The smallest absolute Gasteiger partial charge is 0.242 e. The van der Waals surface area contributed by atoms with E-state index >= 15 is 0 Å². The average molecular weight is 190 g/mol. The zero-order chi connectivity index (χ0) is 10.3. The second-order valence-corrected chi connectivity index (χ2v) is 3.83. The van der Waals surface area contributed by atoms with Crippen LogP contribution >= 0.6 is 0 Å². The van der Waals surface area contributed by atoms with Gasteiger partial charge in [0.25, 0.3) is 0 Å². The summed E-state index contributed by atoms with van der Waals surface area (Å²) >= 11 is 0. The number of hydrogen-bond acceptors (Lipinski definition) is 2. The maximum atomic E-state index is 11.2. The first-order valence-electron chi connectivity index (χ1n) is 4.70. The number of nitrogens with two attached hydrogens (primary N) is 1. The zero-order valence-electron chi connectivity index (χ0n) is 8.40. The molecule has 1 fully saturated rings. The third-order valence-corrected chi connectivity index (χ3v) is 2.81. The first-order chi connectivity index (χ1) is 6.61. The van der Waals surface area contributed by atoms with Crippen LogP contribution in [0.15, 0.2) is 24.3 Å². The largest absolute Gasteiger partial charge is 0.335 e. The molecule has 3 heteroatoms. The molecule has 1 aliphatic heterocycles. The van der Waals surface area contributed by atoms with E-state index in [9.17, 15) is 4.79 Å². The molecule has 2 N–H and O–H groups in total. The molecule has 1 aliphatic rings. The van der Waals surface area contributed by atoms with E-state index in [1.807, 2.05) is 31.2 Å². The molecule has 14 heavy (non-hydrogen) atoms. The number of amides is 1. The summed E-state index contributed by atoms with van der Waals surface area (Å²) in [5, 5.41) is 0. The predicted octanol–water partition coefficient (Wildman–Crippen LogP) is 0.835. The summed E-state index contributed by atoms with van der Waals surface area (Å²) in [5.74, 6) is 0.0237. The Labute approximate surface area is 83.5 Å². The highest BCUT2D eigenvalue weighted by Crippen LogP contribution is 2.31. The number of carbonyl (C=O) groups excluding carboxylic acids is 1. The van der Waals surface area contributed by atoms with E-state index in [4.69, 9.17) is 5.73 Å². The molecular formula is C11H14N2O. The third-order valence-electron chi connectivity index (χ3n) is 2.81. The van der Waals surface area contributed by atoms with Gasteiger partial charge in [0.05, 0.1) is 6.04 Å². The number of nitrogens with zero attached hydrogens (tertiary/aromatic N) is 1. The Morgan fingerprint density at radius 2 is 1.86 bits per heavy atom. The Morgan fingerprint density at radius 1 is 1.29 bits per heavy atom. The van der Waals surface area contributed by atoms with Crippen molar-refractivity contribution < 1.29 is 4.79 Å². The summed E-state index contributed by atoms with van der Waals surface area (Å²) in [7, 11) is 1.79. The van der Waals surface area contributed by atoms with E-state index in [2.05, 4.69) is 0 Å². The van der Waals surface area contributed by atoms with Crippen LogP contribution in [0, 0.1) is 6.92 Å². The van der Waals surface area contributed by atoms with Crippen molar-refractivity contribution in [1.29, 1.82) is 0 Å². The summed E-state index contributed by atoms with van der Waals surface area (Å²) < 4.78 is 0. The fourth-order valence-electron chi connectivity index (χ4n) is 1.86. The number of carbonyl (C=O) groups is 1. The van der Waals surface area contributed by atoms with Crippen molar-refractivity contribution in [3.05, 3.63) is 35.4 Å². The molecule has 2 rings (SSSR count). The van der Waals surface area contributed by atoms with Gasteiger partial charge in [-0.2, -0.15) is 0 Å². The molecule has 0 aromatic heterocycles. The van der Waals surface area contributed by atoms with E-state index in [0.717, 1.165) is 5.56 Å². The van der Waals surface area contributed by atoms with Gasteiger partial charge in [-0.3, -0.25) is 4.79 Å². The number of benzene rings is 1. The Balaban J connectivity index is 2.24. The van der Waals surface area contributed by atoms with Gasteiger partial charge in [-0.05, 0) is 12.5 Å². The molecule has 0 radical (unpaired) electrons. The SMILES string of the molecule is Cc1ccc([C@H]2[C@@H](N)C(=O)N2C)cc1. The Hall–Kier alpha value is -1.35. The summed E-state index contributed by atoms with van der Waals surface area (Å²) in [6.07, 6.45) is 0. The van der Waals surface area contributed by atoms with Gasteiger partial charge in [0.2, 0.25) is 5.91 Å². The van der Waals surface area contributed by atoms with Crippen LogP contribution in [-0.2, 0) is 4.79 Å². The summed E-state index contributed by atoms with van der Waals surface area (Å²) in [6, 6.07) is 7.84. The topological polar surface area (TPSA) is 46.3 Å². The molecule has 1 amide bonds. The van der Waals surface area contributed by atoms with Gasteiger partial charge in [0.1, 0.15) is 6.04 Å². The maximum absolute atomic E-state index is 11.2. The van der Waals surface area contributed by atoms with Crippen molar-refractivity contribution in [1.82, 2.24) is 4.90 Å². The van der Waals surface area contributed by atoms with Gasteiger partial charge in [0.15, 0.2) is 0 Å². The summed E-state index contributed by atoms with van der Waals surface area (Å²) in [6.45, 7) is 2.04. The first kappa shape index (κ1) is 9.21. The van der Waals surface area contributed by atoms with Gasteiger partial charge in [-0.25, -0.2) is 0 Å². The van der Waals surface area contributed by atoms with Crippen LogP contribution in [-0.4, -0.2) is 23.9 Å². The Kier molecular flexibility index (Phi) is 2.04. The van der Waals surface area contributed by atoms with E-state index in [1.54, 1.807) is 11.9 Å². The standard InChI is InChI=1S/C11H14N2O/c1-7-3-5-8(6-4-7)10-9(12)11(14)13(10)2/h3-6,9-10H,12H2,1-2H3/t9-,10+/m1/s1. The lowest BCUT2D eigenvalue weighted by Crippen LogP contribution is -2.61. The molecule has 0 aliphatic carbocycles. The number of aryl methyl sites for hydroxylation is 1. The lowest BCUT2D eigenvalue weighted by Gasteiger charge is -2.43. The van der Waals surface area contributed by atoms with Crippen LogP contribution in [0.3, 0.4) is 0 Å². The predicted molar refractivity (Wildman–Crippen MR) is 54.7 cm³/mol. The number of likely N-dealkylation sites (tertiary alicyclic amines) is 1. The van der Waals surface area contributed by atoms with E-state index in [0.29, 0.717) is 0 Å². The summed E-state index contributed by atoms with van der Waals surface area (Å²) in [5.41, 5.74) is 8.07. The lowest BCUT2D eigenvalue weighted by molar-refractivity contribution is -0.146. The molecular weight excluding hydrogens is 176 g/mol. The molecule has 0 spiro atoms. The van der Waals surface area contributed by atoms with Crippen molar-refractivity contribution in [3.8, 4) is 0 Å². The number of rotatable bonds is 1. The minimum absolute atomic E-state index is 0.0237. The number of β-lactam (4-membered cyclic amide) rings is 1. The van der Waals surface area contributed by atoms with Gasteiger partial charge in [-0.15, -0.1) is 0 Å². The maximum Gasteiger partial charge on any atom is 0.242 e. The van der Waals surface area contributed by atoms with E-state index in [-0.39, 0.29) is 18.0 Å². The monoisotopic (exact) mass is 190 g/mol. The molecule has 1 aromatic carbocycles. The fraction of sp³-hybridized carbons (Fsp3) is 0.364. The van der Waals surface area contributed by atoms with Crippen molar-refractivity contribution in [2.24, 2.45) is 5.73 Å². The fourth-order valence-corrected chi connectivity index (χ4v) is 1.86. The molecule has 3 nitrogen and oxygen atoms in total. The summed E-state index contributed by atoms with van der Waals surface area (Å²) in [4.78, 5) is 12.9. The minimum atomic E-state index is -0.359. The van der Waals surface area contributed by atoms with Crippen LogP contribution < -0.4 is 5.73 Å². The van der Waals surface area contributed by atoms with Crippen molar-refractivity contribution in [2.45, 2.75) is 19.0 Å². The average Bonchev–Trinajstić information content (AvgIpc) is 2.21. The first-order valence-corrected chi connectivity index (χ1v) is 4.70. The molecule has 1 heterocycles. The second-order valence-electron chi connectivity index (χ2n) is 3.83. The van der Waals surface area contributed by atoms with Crippen LogP contribution in [0.5, 0.6) is 0 Å². The quantitative estimate of drug-likeness (QED) is 0.667. The Bertz CT molecular complexity index is 346. The molecule has 0 saturated carbocycles. The minimum Gasteiger partial charge on any atom is -0.335 e. The number of hydrogen-bond donors (Lipinski definition) is 1. The molecule has 1 aromatic rings. The van der Waals surface area contributed by atoms with Gasteiger partial charge < -0.3 is 10.6 Å². The lowest BCUT2D eigenvalue weighted by atomic mass is 9.90. The zero-order valence-corrected chi connectivity index (χ0v) is 8.40. The van der Waals surface area contributed by atoms with Crippen LogP contribution in [0.25, 0.3) is 0 Å². The van der Waals surface area contributed by atoms with E-state index < -0.39 is 0 Å². The highest BCUT2D eigenvalue weighted by atomic mass is 16.2. The highest BCUT2D eigenvalue weighted by Gasteiger charge is 2.42. The molecule has 0 unspecified atom stereocenters. The van der Waals surface area contributed by atoms with Gasteiger partial charge >= 0.3 is 0 Å². The van der Waals surface area contributed by atoms with Crippen molar-refractivity contribution in [2.75, 3.05) is 7.05 Å². The van der Waals surface area contributed by atoms with Gasteiger partial charge in [-0.1, -0.05) is 29.8 Å². The number of likely N-dealkylation sites (N-methyl/N-ethyl adjacent to an activating group) is 1. The third kappa shape index (κ3) is 1.21. The molecule has 2 atom stereocenters. The van der Waals surface area contributed by atoms with Gasteiger partial charge in [0, 0.05) is 7.05 Å². The van der Waals surface area contributed by atoms with Crippen molar-refractivity contribution >= 4 is 5.91 Å². The van der Waals surface area contributed by atoms with Crippen LogP contribution in [0.2, 0.25) is 0 Å². The van der Waals surface area contributed by atoms with E-state index in [1.165, 1.54) is 5.56 Å². The molecule has 0 bridgehead atoms. The Morgan fingerprint density at radius 3 is 2.36 bits per heavy atom. The van der Waals surface area contributed by atoms with Crippen LogP contribution in [0.1, 0.15) is 17.2 Å². The molecule has 1 saturated heterocycles.